The van der Waals surface area contributed by atoms with Crippen molar-refractivity contribution in [2.24, 2.45) is 0 Å². The minimum absolute atomic E-state index is 0.0673. The van der Waals surface area contributed by atoms with Gasteiger partial charge in [-0.15, -0.1) is 0 Å². The van der Waals surface area contributed by atoms with Crippen molar-refractivity contribution in [1.82, 2.24) is 4.31 Å². The molecule has 0 spiro atoms. The maximum Gasteiger partial charge on any atom is 0.255 e. The van der Waals surface area contributed by atoms with Gasteiger partial charge >= 0.3 is 0 Å². The zero-order valence-electron chi connectivity index (χ0n) is 14.2. The van der Waals surface area contributed by atoms with Gasteiger partial charge in [-0.1, -0.05) is 6.42 Å². The molecule has 0 bridgehead atoms. The van der Waals surface area contributed by atoms with Crippen LogP contribution in [-0.4, -0.2) is 31.7 Å². The van der Waals surface area contributed by atoms with Crippen LogP contribution in [0.25, 0.3) is 0 Å². The quantitative estimate of drug-likeness (QED) is 0.747. The summed E-state index contributed by atoms with van der Waals surface area (Å²) in [6.07, 6.45) is 2.68. The van der Waals surface area contributed by atoms with Gasteiger partial charge in [0.25, 0.3) is 5.91 Å². The maximum atomic E-state index is 13.8. The molecule has 2 aromatic carbocycles. The van der Waals surface area contributed by atoms with E-state index >= 15 is 0 Å². The van der Waals surface area contributed by atoms with Crippen LogP contribution in [0.15, 0.2) is 45.8 Å². The van der Waals surface area contributed by atoms with E-state index in [0.29, 0.717) is 19.2 Å². The molecule has 1 aliphatic rings. The molecule has 1 saturated heterocycles. The Bertz CT molecular complexity index is 936. The van der Waals surface area contributed by atoms with E-state index < -0.39 is 27.6 Å². The standard InChI is InChI=1S/C18H17BrF2N2O3S/c19-15-10-13(20)11-16(21)17(15)22-18(24)12-4-6-14(7-5-12)27(25,26)23-8-2-1-3-9-23/h4-7,10-11H,1-3,8-9H2,(H,22,24). The number of nitrogens with one attached hydrogen (secondary N) is 1. The smallest absolute Gasteiger partial charge is 0.255 e. The molecule has 1 fully saturated rings. The van der Waals surface area contributed by atoms with Crippen LogP contribution in [0.4, 0.5) is 14.5 Å². The van der Waals surface area contributed by atoms with Gasteiger partial charge in [-0.05, 0) is 59.1 Å². The van der Waals surface area contributed by atoms with Crippen LogP contribution < -0.4 is 5.32 Å². The van der Waals surface area contributed by atoms with Crippen LogP contribution in [0.3, 0.4) is 0 Å². The topological polar surface area (TPSA) is 66.5 Å². The van der Waals surface area contributed by atoms with Crippen molar-refractivity contribution < 1.29 is 22.0 Å². The lowest BCUT2D eigenvalue weighted by Crippen LogP contribution is -2.35. The predicted molar refractivity (Wildman–Crippen MR) is 101 cm³/mol. The monoisotopic (exact) mass is 458 g/mol. The summed E-state index contributed by atoms with van der Waals surface area (Å²) >= 11 is 3.00. The van der Waals surface area contributed by atoms with Gasteiger partial charge in [-0.3, -0.25) is 4.79 Å². The number of hydrogen-bond donors (Lipinski definition) is 1. The summed E-state index contributed by atoms with van der Waals surface area (Å²) in [6, 6.07) is 7.13. The van der Waals surface area contributed by atoms with Crippen molar-refractivity contribution in [2.45, 2.75) is 24.2 Å². The van der Waals surface area contributed by atoms with E-state index in [1.165, 1.54) is 28.6 Å². The van der Waals surface area contributed by atoms with Crippen LogP contribution >= 0.6 is 15.9 Å². The summed E-state index contributed by atoms with van der Waals surface area (Å²) in [7, 11) is -3.59. The Balaban J connectivity index is 1.78. The highest BCUT2D eigenvalue weighted by Gasteiger charge is 2.26. The van der Waals surface area contributed by atoms with E-state index in [4.69, 9.17) is 0 Å². The predicted octanol–water partition coefficient (Wildman–Crippen LogP) is 4.15. The van der Waals surface area contributed by atoms with Gasteiger partial charge in [-0.25, -0.2) is 17.2 Å². The van der Waals surface area contributed by atoms with E-state index in [1.54, 1.807) is 0 Å². The largest absolute Gasteiger partial charge is 0.319 e. The minimum atomic E-state index is -3.59. The lowest BCUT2D eigenvalue weighted by molar-refractivity contribution is 0.102. The molecular formula is C18H17BrF2N2O3S. The maximum absolute atomic E-state index is 13.8. The van der Waals surface area contributed by atoms with Gasteiger partial charge in [0.2, 0.25) is 10.0 Å². The first kappa shape index (κ1) is 19.9. The molecule has 0 unspecified atom stereocenters. The average molecular weight is 459 g/mol. The number of carbonyl (C=O) groups excluding carboxylic acids is 1. The van der Waals surface area contributed by atoms with E-state index in [9.17, 15) is 22.0 Å². The normalized spacial score (nSPS) is 15.5. The van der Waals surface area contributed by atoms with Crippen LogP contribution in [-0.2, 0) is 10.0 Å². The number of halogens is 3. The highest BCUT2D eigenvalue weighted by molar-refractivity contribution is 9.10. The Kier molecular flexibility index (Phi) is 5.92. The number of nitrogens with zero attached hydrogens (tertiary/aromatic N) is 1. The van der Waals surface area contributed by atoms with Gasteiger partial charge in [-0.2, -0.15) is 4.31 Å². The number of piperidine rings is 1. The number of rotatable bonds is 4. The molecular weight excluding hydrogens is 442 g/mol. The molecule has 2 aromatic rings. The minimum Gasteiger partial charge on any atom is -0.319 e. The second kappa shape index (κ2) is 8.04. The van der Waals surface area contributed by atoms with Crippen molar-refractivity contribution in [3.05, 3.63) is 58.1 Å². The summed E-state index contributed by atoms with van der Waals surface area (Å²) in [5, 5.41) is 2.36. The van der Waals surface area contributed by atoms with Crippen molar-refractivity contribution in [3.63, 3.8) is 0 Å². The molecule has 3 rings (SSSR count). The molecule has 144 valence electrons. The third kappa shape index (κ3) is 4.36. The Morgan fingerprint density at radius 1 is 1.04 bits per heavy atom. The molecule has 0 aliphatic carbocycles. The SMILES string of the molecule is O=C(Nc1c(F)cc(F)cc1Br)c1ccc(S(=O)(=O)N2CCCCC2)cc1. The molecule has 1 amide bonds. The lowest BCUT2D eigenvalue weighted by atomic mass is 10.2. The molecule has 0 saturated carbocycles. The molecule has 1 aliphatic heterocycles. The zero-order chi connectivity index (χ0) is 19.6. The summed E-state index contributed by atoms with van der Waals surface area (Å²) in [5.41, 5.74) is -0.0327. The van der Waals surface area contributed by atoms with Crippen molar-refractivity contribution in [2.75, 3.05) is 18.4 Å². The van der Waals surface area contributed by atoms with E-state index in [1.807, 2.05) is 0 Å². The zero-order valence-corrected chi connectivity index (χ0v) is 16.6. The molecule has 27 heavy (non-hydrogen) atoms. The van der Waals surface area contributed by atoms with Crippen molar-refractivity contribution >= 4 is 37.5 Å². The summed E-state index contributed by atoms with van der Waals surface area (Å²) < 4.78 is 53.7. The number of anilines is 1. The molecule has 5 nitrogen and oxygen atoms in total. The van der Waals surface area contributed by atoms with Crippen molar-refractivity contribution in [1.29, 1.82) is 0 Å². The molecule has 9 heteroatoms. The number of benzene rings is 2. The summed E-state index contributed by atoms with van der Waals surface area (Å²) in [6.45, 7) is 0.977. The second-order valence-corrected chi connectivity index (χ2v) is 8.98. The first-order valence-electron chi connectivity index (χ1n) is 8.35. The fraction of sp³-hybridized carbons (Fsp3) is 0.278. The van der Waals surface area contributed by atoms with Crippen LogP contribution in [0, 0.1) is 11.6 Å². The highest BCUT2D eigenvalue weighted by atomic mass is 79.9. The Labute approximate surface area is 164 Å². The third-order valence-corrected chi connectivity index (χ3v) is 6.85. The van der Waals surface area contributed by atoms with E-state index in [0.717, 1.165) is 25.3 Å². The fourth-order valence-corrected chi connectivity index (χ4v) is 4.90. The highest BCUT2D eigenvalue weighted by Crippen LogP contribution is 2.27. The molecule has 0 aromatic heterocycles. The first-order valence-corrected chi connectivity index (χ1v) is 10.6. The number of hydrogen-bond acceptors (Lipinski definition) is 3. The lowest BCUT2D eigenvalue weighted by Gasteiger charge is -2.25. The Hall–Kier alpha value is -1.84. The molecule has 0 radical (unpaired) electrons. The number of sulfonamides is 1. The van der Waals surface area contributed by atoms with Crippen molar-refractivity contribution in [3.8, 4) is 0 Å². The van der Waals surface area contributed by atoms with Gasteiger partial charge in [0.05, 0.1) is 10.6 Å². The fourth-order valence-electron chi connectivity index (χ4n) is 2.88. The van der Waals surface area contributed by atoms with Gasteiger partial charge in [0, 0.05) is 29.2 Å². The molecule has 1 heterocycles. The van der Waals surface area contributed by atoms with E-state index in [2.05, 4.69) is 21.2 Å². The number of carbonyl (C=O) groups is 1. The summed E-state index contributed by atoms with van der Waals surface area (Å²) in [4.78, 5) is 12.4. The van der Waals surface area contributed by atoms with Crippen LogP contribution in [0.5, 0.6) is 0 Å². The van der Waals surface area contributed by atoms with E-state index in [-0.39, 0.29) is 20.6 Å². The summed E-state index contributed by atoms with van der Waals surface area (Å²) in [5.74, 6) is -2.33. The second-order valence-electron chi connectivity index (χ2n) is 6.19. The van der Waals surface area contributed by atoms with Crippen LogP contribution in [0.1, 0.15) is 29.6 Å². The first-order chi connectivity index (χ1) is 12.8. The Morgan fingerprint density at radius 3 is 2.26 bits per heavy atom. The Morgan fingerprint density at radius 2 is 1.67 bits per heavy atom. The molecule has 0 atom stereocenters. The third-order valence-electron chi connectivity index (χ3n) is 4.31. The van der Waals surface area contributed by atoms with Gasteiger partial charge < -0.3 is 5.32 Å². The average Bonchev–Trinajstić information content (AvgIpc) is 2.65. The molecule has 1 N–H and O–H groups in total. The number of amides is 1. The van der Waals surface area contributed by atoms with Gasteiger partial charge in [0.15, 0.2) is 5.82 Å². The van der Waals surface area contributed by atoms with Crippen LogP contribution in [0.2, 0.25) is 0 Å². The van der Waals surface area contributed by atoms with Gasteiger partial charge in [0.1, 0.15) is 5.82 Å².